The van der Waals surface area contributed by atoms with E-state index >= 15 is 0 Å². The van der Waals surface area contributed by atoms with E-state index in [0.29, 0.717) is 0 Å². The van der Waals surface area contributed by atoms with Crippen molar-refractivity contribution in [3.8, 4) is 5.75 Å². The van der Waals surface area contributed by atoms with E-state index in [1.54, 1.807) is 7.11 Å². The number of ether oxygens (including phenoxy) is 1. The van der Waals surface area contributed by atoms with Crippen molar-refractivity contribution in [1.29, 1.82) is 0 Å². The van der Waals surface area contributed by atoms with Crippen molar-refractivity contribution in [2.24, 2.45) is 0 Å². The molecule has 1 N–H and O–H groups in total. The first-order valence-electron chi connectivity index (χ1n) is 4.40. The number of halogens is 4. The topological polar surface area (TPSA) is 23.2 Å². The van der Waals surface area contributed by atoms with Crippen LogP contribution in [-0.4, -0.2) is 21.4 Å². The van der Waals surface area contributed by atoms with Crippen molar-refractivity contribution >= 4 is 7.25 Å². The molecule has 7 heteroatoms. The summed E-state index contributed by atoms with van der Waals surface area (Å²) < 4.78 is 44.1. The SMILES string of the molecule is C[NH+]=c1cccccc1OC.F[B-](F)(F)F. The Labute approximate surface area is 90.7 Å². The van der Waals surface area contributed by atoms with Gasteiger partial charge in [0.1, 0.15) is 7.05 Å². The molecule has 0 aliphatic heterocycles. The van der Waals surface area contributed by atoms with Crippen LogP contribution in [0.1, 0.15) is 0 Å². The Morgan fingerprint density at radius 1 is 1.06 bits per heavy atom. The zero-order valence-corrected chi connectivity index (χ0v) is 8.88. The summed E-state index contributed by atoms with van der Waals surface area (Å²) in [6, 6.07) is 9.77. The molecule has 0 bridgehead atoms. The minimum Gasteiger partial charge on any atom is -0.490 e. The van der Waals surface area contributed by atoms with Crippen LogP contribution in [-0.2, 0) is 0 Å². The van der Waals surface area contributed by atoms with Gasteiger partial charge in [0.25, 0.3) is 0 Å². The molecule has 0 unspecified atom stereocenters. The first-order chi connectivity index (χ1) is 7.38. The summed E-state index contributed by atoms with van der Waals surface area (Å²) in [4.78, 5) is 3.04. The molecule has 0 fully saturated rings. The first-order valence-corrected chi connectivity index (χ1v) is 4.40. The van der Waals surface area contributed by atoms with Crippen LogP contribution < -0.4 is 15.1 Å². The molecule has 90 valence electrons. The first kappa shape index (κ1) is 14.5. The molecule has 0 aliphatic carbocycles. The minimum absolute atomic E-state index is 0.859. The van der Waals surface area contributed by atoms with Crippen LogP contribution in [0.15, 0.2) is 30.3 Å². The molecule has 1 rings (SSSR count). The van der Waals surface area contributed by atoms with E-state index in [1.165, 1.54) is 0 Å². The highest BCUT2D eigenvalue weighted by atomic mass is 19.5. The molecular formula is C9H12BF4NO. The van der Waals surface area contributed by atoms with Gasteiger partial charge in [0.15, 0.2) is 5.75 Å². The maximum atomic E-state index is 9.75. The summed E-state index contributed by atoms with van der Waals surface area (Å²) in [5.41, 5.74) is 0. The zero-order valence-electron chi connectivity index (χ0n) is 8.88. The molecule has 1 aromatic rings. The zero-order chi connectivity index (χ0) is 12.6. The monoisotopic (exact) mass is 237 g/mol. The highest BCUT2D eigenvalue weighted by Gasteiger charge is 2.20. The molecule has 0 atom stereocenters. The lowest BCUT2D eigenvalue weighted by Crippen LogP contribution is -2.71. The summed E-state index contributed by atoms with van der Waals surface area (Å²) in [5, 5.41) is 0.998. The molecular weight excluding hydrogens is 225 g/mol. The van der Waals surface area contributed by atoms with Crippen LogP contribution in [0, 0.1) is 0 Å². The third-order valence-electron chi connectivity index (χ3n) is 1.49. The van der Waals surface area contributed by atoms with Crippen LogP contribution in [0.3, 0.4) is 0 Å². The fraction of sp³-hybridized carbons (Fsp3) is 0.222. The van der Waals surface area contributed by atoms with E-state index in [4.69, 9.17) is 4.74 Å². The summed E-state index contributed by atoms with van der Waals surface area (Å²) in [5.74, 6) is 0.859. The van der Waals surface area contributed by atoms with Crippen molar-refractivity contribution in [1.82, 2.24) is 0 Å². The summed E-state index contributed by atoms with van der Waals surface area (Å²) >= 11 is 0. The molecule has 0 saturated carbocycles. The van der Waals surface area contributed by atoms with Gasteiger partial charge in [0, 0.05) is 6.07 Å². The number of hydrogen-bond acceptors (Lipinski definition) is 1. The Morgan fingerprint density at radius 2 is 1.56 bits per heavy atom. The van der Waals surface area contributed by atoms with E-state index < -0.39 is 7.25 Å². The molecule has 0 heterocycles. The average Bonchev–Trinajstić information content (AvgIpc) is 2.38. The predicted molar refractivity (Wildman–Crippen MR) is 53.2 cm³/mol. The van der Waals surface area contributed by atoms with Gasteiger partial charge in [0.05, 0.1) is 7.11 Å². The van der Waals surface area contributed by atoms with E-state index in [-0.39, 0.29) is 0 Å². The fourth-order valence-electron chi connectivity index (χ4n) is 0.915. The van der Waals surface area contributed by atoms with Gasteiger partial charge in [-0.2, -0.15) is 0 Å². The van der Waals surface area contributed by atoms with Crippen LogP contribution in [0.25, 0.3) is 0 Å². The van der Waals surface area contributed by atoms with Crippen molar-refractivity contribution in [3.63, 3.8) is 0 Å². The largest absolute Gasteiger partial charge is 0.673 e. The minimum atomic E-state index is -6.00. The summed E-state index contributed by atoms with van der Waals surface area (Å²) in [7, 11) is -2.46. The molecule has 0 saturated heterocycles. The lowest BCUT2D eigenvalue weighted by atomic mass is 10.3. The van der Waals surface area contributed by atoms with Crippen molar-refractivity contribution < 1.29 is 27.0 Å². The van der Waals surface area contributed by atoms with Gasteiger partial charge in [-0.1, -0.05) is 18.2 Å². The van der Waals surface area contributed by atoms with E-state index in [0.717, 1.165) is 11.1 Å². The molecule has 0 amide bonds. The fourth-order valence-corrected chi connectivity index (χ4v) is 0.915. The second kappa shape index (κ2) is 6.87. The number of nitrogens with one attached hydrogen (secondary N) is 1. The molecule has 0 aliphatic rings. The van der Waals surface area contributed by atoms with Gasteiger partial charge >= 0.3 is 7.25 Å². The summed E-state index contributed by atoms with van der Waals surface area (Å²) in [6.45, 7) is 0. The highest BCUT2D eigenvalue weighted by Crippen LogP contribution is 2.06. The van der Waals surface area contributed by atoms with Crippen molar-refractivity contribution in [3.05, 3.63) is 35.7 Å². The molecule has 0 radical (unpaired) electrons. The van der Waals surface area contributed by atoms with Gasteiger partial charge in [-0.3, -0.25) is 0 Å². The standard InChI is InChI=1S/C9H11NO.BF4/c1-10-8-6-4-3-5-7-9(8)11-2;2-1(3,4)5/h3-7H,1-2H3;/q;-1/p+1. The Hall–Kier alpha value is -1.53. The molecule has 1 aromatic carbocycles. The van der Waals surface area contributed by atoms with Crippen LogP contribution in [0.4, 0.5) is 17.3 Å². The maximum Gasteiger partial charge on any atom is 0.673 e. The Balaban J connectivity index is 0.000000385. The normalized spacial score (nSPS) is 11.5. The van der Waals surface area contributed by atoms with E-state index in [2.05, 4.69) is 4.99 Å². The predicted octanol–water partition coefficient (Wildman–Crippen LogP) is 0.606. The molecule has 0 spiro atoms. The van der Waals surface area contributed by atoms with Gasteiger partial charge < -0.3 is 22.0 Å². The lowest BCUT2D eigenvalue weighted by molar-refractivity contribution is -0.466. The number of hydrogen-bond donors (Lipinski definition) is 1. The van der Waals surface area contributed by atoms with Crippen molar-refractivity contribution in [2.75, 3.05) is 14.2 Å². The van der Waals surface area contributed by atoms with Gasteiger partial charge in [0.2, 0.25) is 5.36 Å². The van der Waals surface area contributed by atoms with Crippen LogP contribution in [0.2, 0.25) is 0 Å². The van der Waals surface area contributed by atoms with Crippen LogP contribution >= 0.6 is 0 Å². The Kier molecular flexibility index (Phi) is 6.21. The van der Waals surface area contributed by atoms with Gasteiger partial charge in [-0.05, 0) is 6.07 Å². The van der Waals surface area contributed by atoms with Gasteiger partial charge in [-0.25, -0.2) is 4.99 Å². The quantitative estimate of drug-likeness (QED) is 0.561. The summed E-state index contributed by atoms with van der Waals surface area (Å²) in [6.07, 6.45) is 0. The molecule has 0 aromatic heterocycles. The lowest BCUT2D eigenvalue weighted by Gasteiger charge is -1.94. The van der Waals surface area contributed by atoms with Crippen molar-refractivity contribution in [2.45, 2.75) is 0 Å². The maximum absolute atomic E-state index is 9.75. The second-order valence-corrected chi connectivity index (χ2v) is 2.64. The second-order valence-electron chi connectivity index (χ2n) is 2.64. The average molecular weight is 237 g/mol. The van der Waals surface area contributed by atoms with E-state index in [1.807, 2.05) is 37.4 Å². The van der Waals surface area contributed by atoms with E-state index in [9.17, 15) is 17.3 Å². The highest BCUT2D eigenvalue weighted by molar-refractivity contribution is 6.50. The number of methoxy groups -OCH3 is 1. The number of rotatable bonds is 1. The molecule has 16 heavy (non-hydrogen) atoms. The Morgan fingerprint density at radius 3 is 2.00 bits per heavy atom. The smallest absolute Gasteiger partial charge is 0.490 e. The third-order valence-corrected chi connectivity index (χ3v) is 1.49. The molecule has 2 nitrogen and oxygen atoms in total. The Bertz CT molecular complexity index is 374. The third kappa shape index (κ3) is 7.84. The van der Waals surface area contributed by atoms with Crippen LogP contribution in [0.5, 0.6) is 5.75 Å². The van der Waals surface area contributed by atoms with Gasteiger partial charge in [-0.15, -0.1) is 0 Å².